The number of halogens is 1. The lowest BCUT2D eigenvalue weighted by atomic mass is 9.96. The highest BCUT2D eigenvalue weighted by Crippen LogP contribution is 2.29. The number of imidazole rings is 1. The SMILES string of the molecule is C[C@@H](Oc1ccc(Br)cc1)C(=O)N1CCC[C@H](c2ncc3n2CCCC3)C1. The minimum atomic E-state index is -0.487. The Bertz CT molecular complexity index is 802. The summed E-state index contributed by atoms with van der Waals surface area (Å²) in [7, 11) is 0. The van der Waals surface area contributed by atoms with Crippen molar-refractivity contribution in [2.75, 3.05) is 13.1 Å². The average molecular weight is 432 g/mol. The Kier molecular flexibility index (Phi) is 5.53. The van der Waals surface area contributed by atoms with Gasteiger partial charge in [-0.25, -0.2) is 4.98 Å². The fraction of sp³-hybridized carbons (Fsp3) is 0.524. The van der Waals surface area contributed by atoms with Gasteiger partial charge in [-0.05, 0) is 63.3 Å². The molecule has 1 aromatic heterocycles. The molecule has 0 radical (unpaired) electrons. The minimum Gasteiger partial charge on any atom is -0.481 e. The molecular formula is C21H26BrN3O2. The van der Waals surface area contributed by atoms with Crippen LogP contribution in [0, 0.1) is 0 Å². The predicted molar refractivity (Wildman–Crippen MR) is 108 cm³/mol. The summed E-state index contributed by atoms with van der Waals surface area (Å²) in [5.74, 6) is 2.28. The van der Waals surface area contributed by atoms with Gasteiger partial charge in [0, 0.05) is 41.9 Å². The quantitative estimate of drug-likeness (QED) is 0.729. The fourth-order valence-corrected chi connectivity index (χ4v) is 4.46. The number of carbonyl (C=O) groups is 1. The number of nitrogens with zero attached hydrogens (tertiary/aromatic N) is 3. The largest absolute Gasteiger partial charge is 0.481 e. The van der Waals surface area contributed by atoms with E-state index in [9.17, 15) is 4.79 Å². The number of ether oxygens (including phenoxy) is 1. The first-order chi connectivity index (χ1) is 13.1. The maximum atomic E-state index is 12.9. The van der Waals surface area contributed by atoms with Gasteiger partial charge >= 0.3 is 0 Å². The van der Waals surface area contributed by atoms with Crippen LogP contribution < -0.4 is 4.74 Å². The number of benzene rings is 1. The molecule has 0 aliphatic carbocycles. The second-order valence-electron chi connectivity index (χ2n) is 7.55. The van der Waals surface area contributed by atoms with Crippen LogP contribution in [0.3, 0.4) is 0 Å². The first kappa shape index (κ1) is 18.5. The van der Waals surface area contributed by atoms with Gasteiger partial charge < -0.3 is 14.2 Å². The summed E-state index contributed by atoms with van der Waals surface area (Å²) in [4.78, 5) is 19.6. The summed E-state index contributed by atoms with van der Waals surface area (Å²) >= 11 is 3.42. The molecule has 1 amide bonds. The van der Waals surface area contributed by atoms with Gasteiger partial charge in [0.1, 0.15) is 11.6 Å². The number of aryl methyl sites for hydroxylation is 1. The molecule has 0 unspecified atom stereocenters. The van der Waals surface area contributed by atoms with E-state index in [4.69, 9.17) is 9.72 Å². The van der Waals surface area contributed by atoms with Crippen LogP contribution in [0.25, 0.3) is 0 Å². The summed E-state index contributed by atoms with van der Waals surface area (Å²) in [5, 5.41) is 0. The topological polar surface area (TPSA) is 47.4 Å². The Hall–Kier alpha value is -1.82. The molecule has 5 nitrogen and oxygen atoms in total. The molecule has 2 aromatic rings. The molecule has 0 saturated carbocycles. The summed E-state index contributed by atoms with van der Waals surface area (Å²) in [5.41, 5.74) is 1.35. The first-order valence-corrected chi connectivity index (χ1v) is 10.7. The van der Waals surface area contributed by atoms with E-state index in [1.807, 2.05) is 42.3 Å². The number of amides is 1. The predicted octanol–water partition coefficient (Wildman–Crippen LogP) is 4.16. The summed E-state index contributed by atoms with van der Waals surface area (Å²) < 4.78 is 9.26. The number of fused-ring (bicyclic) bond motifs is 1. The van der Waals surface area contributed by atoms with Gasteiger partial charge in [-0.1, -0.05) is 15.9 Å². The lowest BCUT2D eigenvalue weighted by molar-refractivity contribution is -0.139. The van der Waals surface area contributed by atoms with Crippen molar-refractivity contribution in [1.29, 1.82) is 0 Å². The van der Waals surface area contributed by atoms with Crippen LogP contribution in [0.1, 0.15) is 50.0 Å². The molecule has 0 bridgehead atoms. The van der Waals surface area contributed by atoms with Gasteiger partial charge in [0.2, 0.25) is 0 Å². The van der Waals surface area contributed by atoms with E-state index < -0.39 is 6.10 Å². The van der Waals surface area contributed by atoms with Crippen LogP contribution in [0.2, 0.25) is 0 Å². The van der Waals surface area contributed by atoms with Crippen molar-refractivity contribution in [2.45, 2.75) is 57.6 Å². The van der Waals surface area contributed by atoms with Crippen molar-refractivity contribution in [3.8, 4) is 5.75 Å². The molecule has 1 saturated heterocycles. The maximum absolute atomic E-state index is 12.9. The number of likely N-dealkylation sites (tertiary alicyclic amines) is 1. The Morgan fingerprint density at radius 3 is 2.85 bits per heavy atom. The van der Waals surface area contributed by atoms with Crippen LogP contribution in [-0.2, 0) is 17.8 Å². The summed E-state index contributed by atoms with van der Waals surface area (Å²) in [6.07, 6.45) is 7.27. The zero-order valence-corrected chi connectivity index (χ0v) is 17.3. The number of aromatic nitrogens is 2. The number of piperidine rings is 1. The van der Waals surface area contributed by atoms with E-state index in [0.717, 1.165) is 49.1 Å². The monoisotopic (exact) mass is 431 g/mol. The van der Waals surface area contributed by atoms with E-state index in [0.29, 0.717) is 5.92 Å². The van der Waals surface area contributed by atoms with Crippen molar-refractivity contribution >= 4 is 21.8 Å². The van der Waals surface area contributed by atoms with Crippen molar-refractivity contribution in [2.24, 2.45) is 0 Å². The lowest BCUT2D eigenvalue weighted by Crippen LogP contribution is -2.45. The van der Waals surface area contributed by atoms with Gasteiger partial charge in [-0.3, -0.25) is 4.79 Å². The third-order valence-corrected chi connectivity index (χ3v) is 6.13. The standard InChI is InChI=1S/C21H26BrN3O2/c1-15(27-19-9-7-17(22)8-10-19)21(26)24-11-4-5-16(14-24)20-23-13-18-6-2-3-12-25(18)20/h7-10,13,15-16H,2-6,11-12,14H2,1H3/t15-,16+/m1/s1. The number of hydrogen-bond acceptors (Lipinski definition) is 3. The minimum absolute atomic E-state index is 0.0630. The molecule has 1 fully saturated rings. The zero-order valence-electron chi connectivity index (χ0n) is 15.7. The molecule has 3 heterocycles. The van der Waals surface area contributed by atoms with Crippen LogP contribution in [-0.4, -0.2) is 39.6 Å². The molecule has 2 atom stereocenters. The highest BCUT2D eigenvalue weighted by atomic mass is 79.9. The van der Waals surface area contributed by atoms with Crippen LogP contribution in [0.4, 0.5) is 0 Å². The Morgan fingerprint density at radius 1 is 1.22 bits per heavy atom. The van der Waals surface area contributed by atoms with Crippen molar-refractivity contribution in [3.63, 3.8) is 0 Å². The summed E-state index contributed by atoms with van der Waals surface area (Å²) in [6, 6.07) is 7.60. The summed E-state index contributed by atoms with van der Waals surface area (Å²) in [6.45, 7) is 4.45. The van der Waals surface area contributed by atoms with Crippen molar-refractivity contribution < 1.29 is 9.53 Å². The second-order valence-corrected chi connectivity index (χ2v) is 8.47. The van der Waals surface area contributed by atoms with Gasteiger partial charge in [0.25, 0.3) is 5.91 Å². The van der Waals surface area contributed by atoms with E-state index in [2.05, 4.69) is 20.5 Å². The normalized spacial score (nSPS) is 20.8. The van der Waals surface area contributed by atoms with Crippen LogP contribution in [0.5, 0.6) is 5.75 Å². The maximum Gasteiger partial charge on any atom is 0.263 e. The molecule has 2 aliphatic heterocycles. The van der Waals surface area contributed by atoms with E-state index in [-0.39, 0.29) is 5.91 Å². The highest BCUT2D eigenvalue weighted by Gasteiger charge is 2.31. The third-order valence-electron chi connectivity index (χ3n) is 5.61. The molecule has 27 heavy (non-hydrogen) atoms. The number of carbonyl (C=O) groups excluding carboxylic acids is 1. The second kappa shape index (κ2) is 8.05. The van der Waals surface area contributed by atoms with Gasteiger partial charge in [-0.2, -0.15) is 0 Å². The highest BCUT2D eigenvalue weighted by molar-refractivity contribution is 9.10. The van der Waals surface area contributed by atoms with E-state index >= 15 is 0 Å². The Labute approximate surface area is 168 Å². The molecule has 1 aromatic carbocycles. The molecule has 2 aliphatic rings. The molecule has 4 rings (SSSR count). The van der Waals surface area contributed by atoms with E-state index in [1.165, 1.54) is 24.4 Å². The molecule has 0 spiro atoms. The third kappa shape index (κ3) is 4.05. The molecule has 144 valence electrons. The lowest BCUT2D eigenvalue weighted by Gasteiger charge is -2.34. The zero-order chi connectivity index (χ0) is 18.8. The smallest absolute Gasteiger partial charge is 0.263 e. The van der Waals surface area contributed by atoms with Gasteiger partial charge in [0.05, 0.1) is 0 Å². The Balaban J connectivity index is 1.42. The van der Waals surface area contributed by atoms with Crippen LogP contribution >= 0.6 is 15.9 Å². The van der Waals surface area contributed by atoms with Gasteiger partial charge in [0.15, 0.2) is 6.10 Å². The average Bonchev–Trinajstić information content (AvgIpc) is 3.13. The molecule has 0 N–H and O–H groups in total. The van der Waals surface area contributed by atoms with Crippen molar-refractivity contribution in [3.05, 3.63) is 46.5 Å². The van der Waals surface area contributed by atoms with Crippen molar-refractivity contribution in [1.82, 2.24) is 14.5 Å². The fourth-order valence-electron chi connectivity index (χ4n) is 4.20. The Morgan fingerprint density at radius 2 is 2.04 bits per heavy atom. The van der Waals surface area contributed by atoms with E-state index in [1.54, 1.807) is 0 Å². The van der Waals surface area contributed by atoms with Crippen LogP contribution in [0.15, 0.2) is 34.9 Å². The number of hydrogen-bond donors (Lipinski definition) is 0. The molecular weight excluding hydrogens is 406 g/mol. The number of rotatable bonds is 4. The first-order valence-electron chi connectivity index (χ1n) is 9.87. The van der Waals surface area contributed by atoms with Gasteiger partial charge in [-0.15, -0.1) is 0 Å². The molecule has 6 heteroatoms.